The van der Waals surface area contributed by atoms with Crippen molar-refractivity contribution in [1.82, 2.24) is 15.6 Å². The summed E-state index contributed by atoms with van der Waals surface area (Å²) in [6.45, 7) is 5.70. The van der Waals surface area contributed by atoms with Gasteiger partial charge in [0, 0.05) is 18.4 Å². The van der Waals surface area contributed by atoms with Crippen molar-refractivity contribution in [3.63, 3.8) is 0 Å². The maximum atomic E-state index is 12.0. The Bertz CT molecular complexity index is 500. The second kappa shape index (κ2) is 8.62. The predicted octanol–water partition coefficient (Wildman–Crippen LogP) is 2.09. The number of aldehydes is 1. The van der Waals surface area contributed by atoms with Crippen molar-refractivity contribution in [2.45, 2.75) is 51.2 Å². The first-order chi connectivity index (χ1) is 10.8. The SMILES string of the molecule is CNC[C@@](C=O)(CCCc1ccccn1)NC(=O)OC(C)(C)C. The van der Waals surface area contributed by atoms with Crippen LogP contribution in [0, 0.1) is 0 Å². The van der Waals surface area contributed by atoms with E-state index in [0.717, 1.165) is 24.8 Å². The van der Waals surface area contributed by atoms with Gasteiger partial charge in [0.25, 0.3) is 0 Å². The van der Waals surface area contributed by atoms with Gasteiger partial charge in [-0.3, -0.25) is 4.98 Å². The number of likely N-dealkylation sites (N-methyl/N-ethyl adjacent to an activating group) is 1. The van der Waals surface area contributed by atoms with Gasteiger partial charge in [0.15, 0.2) is 0 Å². The number of carbonyl (C=O) groups excluding carboxylic acids is 2. The van der Waals surface area contributed by atoms with Crippen LogP contribution in [0.4, 0.5) is 4.79 Å². The molecule has 6 nitrogen and oxygen atoms in total. The number of pyridine rings is 1. The van der Waals surface area contributed by atoms with Crippen molar-refractivity contribution in [1.29, 1.82) is 0 Å². The van der Waals surface area contributed by atoms with Gasteiger partial charge in [-0.2, -0.15) is 0 Å². The van der Waals surface area contributed by atoms with Gasteiger partial charge in [0.2, 0.25) is 0 Å². The number of aryl methyl sites for hydroxylation is 1. The minimum atomic E-state index is -0.980. The topological polar surface area (TPSA) is 80.3 Å². The lowest BCUT2D eigenvalue weighted by atomic mass is 9.93. The highest BCUT2D eigenvalue weighted by atomic mass is 16.6. The number of hydrogen-bond acceptors (Lipinski definition) is 5. The molecule has 0 aliphatic rings. The highest BCUT2D eigenvalue weighted by Crippen LogP contribution is 2.15. The summed E-state index contributed by atoms with van der Waals surface area (Å²) in [4.78, 5) is 27.9. The molecule has 0 radical (unpaired) electrons. The van der Waals surface area contributed by atoms with Crippen LogP contribution in [0.3, 0.4) is 0 Å². The Morgan fingerprint density at radius 3 is 2.61 bits per heavy atom. The van der Waals surface area contributed by atoms with Gasteiger partial charge in [0.1, 0.15) is 17.4 Å². The highest BCUT2D eigenvalue weighted by molar-refractivity contribution is 5.77. The molecule has 1 aromatic heterocycles. The van der Waals surface area contributed by atoms with Crippen LogP contribution in [0.25, 0.3) is 0 Å². The summed E-state index contributed by atoms with van der Waals surface area (Å²) >= 11 is 0. The lowest BCUT2D eigenvalue weighted by Gasteiger charge is -2.30. The number of aromatic nitrogens is 1. The maximum Gasteiger partial charge on any atom is 0.408 e. The third kappa shape index (κ3) is 7.23. The molecule has 0 aromatic carbocycles. The molecular weight excluding hydrogens is 294 g/mol. The summed E-state index contributed by atoms with van der Waals surface area (Å²) in [5.41, 5.74) is -0.618. The molecule has 0 aliphatic carbocycles. The molecule has 6 heteroatoms. The number of nitrogens with one attached hydrogen (secondary N) is 2. The Kier molecular flexibility index (Phi) is 7.16. The summed E-state index contributed by atoms with van der Waals surface area (Å²) in [6, 6.07) is 5.74. The van der Waals surface area contributed by atoms with Gasteiger partial charge in [-0.05, 0) is 59.2 Å². The lowest BCUT2D eigenvalue weighted by molar-refractivity contribution is -0.113. The molecule has 23 heavy (non-hydrogen) atoms. The Hall–Kier alpha value is -1.95. The number of amides is 1. The Labute approximate surface area is 138 Å². The maximum absolute atomic E-state index is 12.0. The van der Waals surface area contributed by atoms with Crippen molar-refractivity contribution in [3.8, 4) is 0 Å². The fourth-order valence-corrected chi connectivity index (χ4v) is 2.28. The van der Waals surface area contributed by atoms with E-state index in [4.69, 9.17) is 4.74 Å². The monoisotopic (exact) mass is 321 g/mol. The first-order valence-electron chi connectivity index (χ1n) is 7.82. The van der Waals surface area contributed by atoms with Crippen LogP contribution in [-0.4, -0.2) is 42.1 Å². The smallest absolute Gasteiger partial charge is 0.408 e. The zero-order valence-corrected chi connectivity index (χ0v) is 14.4. The van der Waals surface area contributed by atoms with Gasteiger partial charge >= 0.3 is 6.09 Å². The van der Waals surface area contributed by atoms with Crippen LogP contribution >= 0.6 is 0 Å². The quantitative estimate of drug-likeness (QED) is 0.717. The highest BCUT2D eigenvalue weighted by Gasteiger charge is 2.32. The normalized spacial score (nSPS) is 13.9. The number of carbonyl (C=O) groups is 2. The third-order valence-electron chi connectivity index (χ3n) is 3.25. The second-order valence-corrected chi connectivity index (χ2v) is 6.61. The van der Waals surface area contributed by atoms with E-state index < -0.39 is 17.2 Å². The molecule has 1 heterocycles. The van der Waals surface area contributed by atoms with Crippen LogP contribution in [-0.2, 0) is 16.0 Å². The number of nitrogens with zero attached hydrogens (tertiary/aromatic N) is 1. The molecule has 0 bridgehead atoms. The molecule has 0 fully saturated rings. The van der Waals surface area contributed by atoms with Gasteiger partial charge < -0.3 is 20.2 Å². The molecular formula is C17H27N3O3. The van der Waals surface area contributed by atoms with Crippen LogP contribution in [0.1, 0.15) is 39.3 Å². The minimum absolute atomic E-state index is 0.345. The summed E-state index contributed by atoms with van der Waals surface area (Å²) in [5.74, 6) is 0. The van der Waals surface area contributed by atoms with Crippen LogP contribution < -0.4 is 10.6 Å². The molecule has 1 aromatic rings. The average molecular weight is 321 g/mol. The number of hydrogen-bond donors (Lipinski definition) is 2. The molecule has 1 amide bonds. The molecule has 0 saturated carbocycles. The van der Waals surface area contributed by atoms with E-state index in [2.05, 4.69) is 15.6 Å². The van der Waals surface area contributed by atoms with Gasteiger partial charge in [0.05, 0.1) is 0 Å². The van der Waals surface area contributed by atoms with Gasteiger partial charge in [-0.1, -0.05) is 6.07 Å². The molecule has 0 unspecified atom stereocenters. The largest absolute Gasteiger partial charge is 0.444 e. The fourth-order valence-electron chi connectivity index (χ4n) is 2.28. The summed E-state index contributed by atoms with van der Waals surface area (Å²) in [5, 5.41) is 5.67. The molecule has 1 rings (SSSR count). The zero-order valence-electron chi connectivity index (χ0n) is 14.4. The predicted molar refractivity (Wildman–Crippen MR) is 89.3 cm³/mol. The van der Waals surface area contributed by atoms with Crippen molar-refractivity contribution in [2.75, 3.05) is 13.6 Å². The van der Waals surface area contributed by atoms with Crippen LogP contribution in [0.15, 0.2) is 24.4 Å². The number of rotatable bonds is 8. The molecule has 0 saturated heterocycles. The zero-order chi connectivity index (χ0) is 17.3. The van der Waals surface area contributed by atoms with E-state index in [1.807, 2.05) is 18.2 Å². The minimum Gasteiger partial charge on any atom is -0.444 e. The van der Waals surface area contributed by atoms with E-state index >= 15 is 0 Å². The summed E-state index contributed by atoms with van der Waals surface area (Å²) in [7, 11) is 1.74. The molecule has 0 spiro atoms. The standard InChI is InChI=1S/C17H27N3O3/c1-16(2,3)23-15(22)20-17(13-21,12-18-4)10-7-9-14-8-5-6-11-19-14/h5-6,8,11,13,18H,7,9-10,12H2,1-4H3,(H,20,22)/t17-/m1/s1. The Morgan fingerprint density at radius 1 is 1.35 bits per heavy atom. The molecule has 1 atom stereocenters. The third-order valence-corrected chi connectivity index (χ3v) is 3.25. The molecule has 2 N–H and O–H groups in total. The van der Waals surface area contributed by atoms with E-state index in [1.165, 1.54) is 0 Å². The van der Waals surface area contributed by atoms with E-state index in [1.54, 1.807) is 34.0 Å². The lowest BCUT2D eigenvalue weighted by Crippen LogP contribution is -2.56. The first kappa shape index (κ1) is 19.1. The average Bonchev–Trinajstić information content (AvgIpc) is 2.46. The number of ether oxygens (including phenoxy) is 1. The fraction of sp³-hybridized carbons (Fsp3) is 0.588. The van der Waals surface area contributed by atoms with Gasteiger partial charge in [-0.15, -0.1) is 0 Å². The summed E-state index contributed by atoms with van der Waals surface area (Å²) < 4.78 is 5.26. The van der Waals surface area contributed by atoms with Crippen molar-refractivity contribution < 1.29 is 14.3 Å². The van der Waals surface area contributed by atoms with Crippen LogP contribution in [0.2, 0.25) is 0 Å². The van der Waals surface area contributed by atoms with E-state index in [-0.39, 0.29) is 0 Å². The van der Waals surface area contributed by atoms with Crippen molar-refractivity contribution in [3.05, 3.63) is 30.1 Å². The first-order valence-corrected chi connectivity index (χ1v) is 7.82. The molecule has 0 aliphatic heterocycles. The molecule has 128 valence electrons. The van der Waals surface area contributed by atoms with E-state index in [0.29, 0.717) is 13.0 Å². The van der Waals surface area contributed by atoms with Crippen molar-refractivity contribution >= 4 is 12.4 Å². The second-order valence-electron chi connectivity index (χ2n) is 6.61. The Balaban J connectivity index is 2.65. The van der Waals surface area contributed by atoms with Crippen molar-refractivity contribution in [2.24, 2.45) is 0 Å². The summed E-state index contributed by atoms with van der Waals surface area (Å²) in [6.07, 6.45) is 3.93. The van der Waals surface area contributed by atoms with Crippen LogP contribution in [0.5, 0.6) is 0 Å². The number of alkyl carbamates (subject to hydrolysis) is 1. The van der Waals surface area contributed by atoms with Gasteiger partial charge in [-0.25, -0.2) is 4.79 Å². The Morgan fingerprint density at radius 2 is 2.09 bits per heavy atom. The van der Waals surface area contributed by atoms with E-state index in [9.17, 15) is 9.59 Å².